The van der Waals surface area contributed by atoms with E-state index in [1.807, 2.05) is 0 Å². The molecule has 0 spiro atoms. The van der Waals surface area contributed by atoms with Crippen LogP contribution < -0.4 is 0 Å². The van der Waals surface area contributed by atoms with E-state index in [0.29, 0.717) is 4.83 Å². The van der Waals surface area contributed by atoms with Crippen molar-refractivity contribution in [3.8, 4) is 0 Å². The predicted octanol–water partition coefficient (Wildman–Crippen LogP) is 4.13. The molecule has 0 aromatic heterocycles. The largest absolute Gasteiger partial charge is 0.0875 e. The molecule has 10 heavy (non-hydrogen) atoms. The number of hydrogen-bond donors (Lipinski definition) is 0. The van der Waals surface area contributed by atoms with E-state index in [9.17, 15) is 0 Å². The minimum atomic E-state index is 0.553. The summed E-state index contributed by atoms with van der Waals surface area (Å²) in [5.41, 5.74) is 0. The van der Waals surface area contributed by atoms with Crippen molar-refractivity contribution in [2.75, 3.05) is 0 Å². The highest BCUT2D eigenvalue weighted by atomic mass is 79.9. The van der Waals surface area contributed by atoms with E-state index in [-0.39, 0.29) is 0 Å². The average molecular weight is 271 g/mol. The quantitative estimate of drug-likeness (QED) is 0.674. The minimum Gasteiger partial charge on any atom is -0.0875 e. The summed E-state index contributed by atoms with van der Waals surface area (Å²) in [7, 11) is 0. The second-order valence-electron chi connectivity index (χ2n) is 2.90. The third-order valence-corrected chi connectivity index (χ3v) is 4.01. The van der Waals surface area contributed by atoms with Gasteiger partial charge in [0.25, 0.3) is 0 Å². The van der Waals surface area contributed by atoms with Gasteiger partial charge in [-0.05, 0) is 18.8 Å². The van der Waals surface area contributed by atoms with Crippen LogP contribution in [0.25, 0.3) is 0 Å². The van der Waals surface area contributed by atoms with Gasteiger partial charge in [0, 0.05) is 4.83 Å². The third-order valence-electron chi connectivity index (χ3n) is 1.36. The van der Waals surface area contributed by atoms with E-state index in [1.54, 1.807) is 0 Å². The van der Waals surface area contributed by atoms with Crippen molar-refractivity contribution < 1.29 is 0 Å². The Morgan fingerprint density at radius 3 is 2.20 bits per heavy atom. The molecule has 61 valence electrons. The summed E-state index contributed by atoms with van der Waals surface area (Å²) in [5, 5.41) is 0. The van der Waals surface area contributed by atoms with Crippen LogP contribution in [0, 0.1) is 10.7 Å². The summed E-state index contributed by atoms with van der Waals surface area (Å²) in [6.45, 7) is 6.65. The molecule has 0 bridgehead atoms. The molecule has 0 heterocycles. The van der Waals surface area contributed by atoms with Crippen LogP contribution in [-0.2, 0) is 0 Å². The molecule has 0 aromatic rings. The van der Waals surface area contributed by atoms with Gasteiger partial charge in [-0.1, -0.05) is 52.6 Å². The van der Waals surface area contributed by atoms with Gasteiger partial charge in [0.1, 0.15) is 0 Å². The fourth-order valence-corrected chi connectivity index (χ4v) is 2.02. The summed E-state index contributed by atoms with van der Waals surface area (Å²) < 4.78 is 0. The number of hydrogen-bond acceptors (Lipinski definition) is 0. The van der Waals surface area contributed by atoms with Gasteiger partial charge in [0.05, 0.1) is 4.83 Å². The first-order chi connectivity index (χ1) is 4.57. The van der Waals surface area contributed by atoms with Crippen molar-refractivity contribution in [3.63, 3.8) is 0 Å². The smallest absolute Gasteiger partial charge is 0.0543 e. The van der Waals surface area contributed by atoms with Gasteiger partial charge in [-0.2, -0.15) is 0 Å². The maximum absolute atomic E-state index is 3.62. The zero-order chi connectivity index (χ0) is 8.15. The lowest BCUT2D eigenvalue weighted by atomic mass is 10.1. The molecule has 0 fully saturated rings. The molecule has 2 heteroatoms. The Bertz CT molecular complexity index is 81.3. The highest BCUT2D eigenvalue weighted by molar-refractivity contribution is 9.13. The average Bonchev–Trinajstić information content (AvgIpc) is 1.85. The van der Waals surface area contributed by atoms with Gasteiger partial charge in [0.2, 0.25) is 0 Å². The van der Waals surface area contributed by atoms with Crippen LogP contribution in [0.4, 0.5) is 0 Å². The number of alkyl halides is 1. The van der Waals surface area contributed by atoms with E-state index in [4.69, 9.17) is 0 Å². The number of rotatable bonds is 4. The SMILES string of the molecule is CC[C](Br)C(Br)CC(C)C. The molecule has 0 aliphatic rings. The van der Waals surface area contributed by atoms with Gasteiger partial charge in [-0.3, -0.25) is 0 Å². The van der Waals surface area contributed by atoms with E-state index in [1.165, 1.54) is 11.2 Å². The van der Waals surface area contributed by atoms with Crippen LogP contribution in [0.5, 0.6) is 0 Å². The van der Waals surface area contributed by atoms with Crippen LogP contribution in [0.1, 0.15) is 33.6 Å². The molecule has 1 atom stereocenters. The second kappa shape index (κ2) is 5.59. The van der Waals surface area contributed by atoms with Crippen LogP contribution in [0.3, 0.4) is 0 Å². The second-order valence-corrected chi connectivity index (χ2v) is 5.02. The molecule has 0 amide bonds. The standard InChI is InChI=1S/C8H15Br2/c1-4-7(9)8(10)5-6(2)3/h6,8H,4-5H2,1-3H3. The molecule has 0 nitrogen and oxygen atoms in total. The Balaban J connectivity index is 3.50. The van der Waals surface area contributed by atoms with Crippen molar-refractivity contribution >= 4 is 31.9 Å². The van der Waals surface area contributed by atoms with Crippen LogP contribution in [0.15, 0.2) is 0 Å². The lowest BCUT2D eigenvalue weighted by Crippen LogP contribution is -2.08. The molecule has 1 unspecified atom stereocenters. The fraction of sp³-hybridized carbons (Fsp3) is 0.875. The lowest BCUT2D eigenvalue weighted by molar-refractivity contribution is 0.586. The van der Waals surface area contributed by atoms with Crippen molar-refractivity contribution in [1.82, 2.24) is 0 Å². The first-order valence-electron chi connectivity index (χ1n) is 3.73. The zero-order valence-electron chi connectivity index (χ0n) is 6.82. The molecular formula is C8H15Br2. The van der Waals surface area contributed by atoms with Gasteiger partial charge in [0.15, 0.2) is 0 Å². The van der Waals surface area contributed by atoms with Crippen molar-refractivity contribution in [2.45, 2.75) is 38.4 Å². The van der Waals surface area contributed by atoms with Crippen molar-refractivity contribution in [3.05, 3.63) is 4.83 Å². The highest BCUT2D eigenvalue weighted by Gasteiger charge is 2.15. The van der Waals surface area contributed by atoms with E-state index >= 15 is 0 Å². The van der Waals surface area contributed by atoms with Crippen LogP contribution >= 0.6 is 31.9 Å². The molecule has 0 rings (SSSR count). The molecule has 0 aliphatic heterocycles. The van der Waals surface area contributed by atoms with E-state index in [0.717, 1.165) is 12.3 Å². The summed E-state index contributed by atoms with van der Waals surface area (Å²) in [6, 6.07) is 0. The maximum Gasteiger partial charge on any atom is 0.0543 e. The summed E-state index contributed by atoms with van der Waals surface area (Å²) in [6.07, 6.45) is 2.33. The lowest BCUT2D eigenvalue weighted by Gasteiger charge is -2.15. The van der Waals surface area contributed by atoms with Gasteiger partial charge >= 0.3 is 0 Å². The first-order valence-corrected chi connectivity index (χ1v) is 5.44. The molecule has 0 saturated heterocycles. The molecule has 0 N–H and O–H groups in total. The molecule has 1 radical (unpaired) electrons. The third kappa shape index (κ3) is 4.73. The topological polar surface area (TPSA) is 0 Å². The molecule has 0 aliphatic carbocycles. The molecule has 0 aromatic carbocycles. The fourth-order valence-electron chi connectivity index (χ4n) is 0.763. The van der Waals surface area contributed by atoms with E-state index in [2.05, 4.69) is 52.6 Å². The number of halogens is 2. The van der Waals surface area contributed by atoms with Crippen LogP contribution in [-0.4, -0.2) is 4.83 Å². The monoisotopic (exact) mass is 269 g/mol. The zero-order valence-corrected chi connectivity index (χ0v) is 10.00. The van der Waals surface area contributed by atoms with Gasteiger partial charge in [-0.15, -0.1) is 0 Å². The highest BCUT2D eigenvalue weighted by Crippen LogP contribution is 2.29. The van der Waals surface area contributed by atoms with Crippen molar-refractivity contribution in [1.29, 1.82) is 0 Å². The Labute approximate surface area is 81.0 Å². The van der Waals surface area contributed by atoms with Crippen molar-refractivity contribution in [2.24, 2.45) is 5.92 Å². The summed E-state index contributed by atoms with van der Waals surface area (Å²) >= 11 is 7.16. The van der Waals surface area contributed by atoms with E-state index < -0.39 is 0 Å². The Morgan fingerprint density at radius 1 is 1.40 bits per heavy atom. The Kier molecular flexibility index (Phi) is 6.13. The molecule has 0 saturated carbocycles. The minimum absolute atomic E-state index is 0.553. The Hall–Kier alpha value is 0.960. The molecular weight excluding hydrogens is 256 g/mol. The van der Waals surface area contributed by atoms with Gasteiger partial charge in [-0.25, -0.2) is 0 Å². The normalized spacial score (nSPS) is 14.7. The first kappa shape index (κ1) is 11.0. The maximum atomic E-state index is 3.62. The predicted molar refractivity (Wildman–Crippen MR) is 54.6 cm³/mol. The van der Waals surface area contributed by atoms with Crippen LogP contribution in [0.2, 0.25) is 0 Å². The Morgan fingerprint density at radius 2 is 1.90 bits per heavy atom. The summed E-state index contributed by atoms with van der Waals surface area (Å²) in [4.78, 5) is 1.93. The van der Waals surface area contributed by atoms with Gasteiger partial charge < -0.3 is 0 Å². The summed E-state index contributed by atoms with van der Waals surface area (Å²) in [5.74, 6) is 0.767.